The zero-order valence-electron chi connectivity index (χ0n) is 12.2. The van der Waals surface area contributed by atoms with E-state index in [9.17, 15) is 9.90 Å². The van der Waals surface area contributed by atoms with E-state index in [4.69, 9.17) is 11.6 Å². The monoisotopic (exact) mass is 325 g/mol. The van der Waals surface area contributed by atoms with Crippen LogP contribution in [0, 0.1) is 5.92 Å². The lowest BCUT2D eigenvalue weighted by molar-refractivity contribution is 0.0820. The highest BCUT2D eigenvalue weighted by atomic mass is 35.5. The Morgan fingerprint density at radius 1 is 1.33 bits per heavy atom. The quantitative estimate of drug-likeness (QED) is 0.840. The van der Waals surface area contributed by atoms with Crippen molar-refractivity contribution in [2.45, 2.75) is 32.8 Å². The molecule has 0 bridgehead atoms. The number of nitrogens with one attached hydrogen (secondary N) is 1. The summed E-state index contributed by atoms with van der Waals surface area (Å²) in [6.45, 7) is 4.35. The van der Waals surface area contributed by atoms with Gasteiger partial charge in [-0.2, -0.15) is 0 Å². The summed E-state index contributed by atoms with van der Waals surface area (Å²) >= 11 is 7.65. The van der Waals surface area contributed by atoms with Crippen molar-refractivity contribution >= 4 is 38.9 Å². The van der Waals surface area contributed by atoms with Crippen LogP contribution >= 0.6 is 22.9 Å². The molecule has 1 aromatic carbocycles. The van der Waals surface area contributed by atoms with Gasteiger partial charge in [0.15, 0.2) is 0 Å². The molecule has 0 spiro atoms. The molecule has 0 saturated heterocycles. The molecule has 5 heteroatoms. The second-order valence-electron chi connectivity index (χ2n) is 5.10. The molecule has 21 heavy (non-hydrogen) atoms. The van der Waals surface area contributed by atoms with Gasteiger partial charge in [0.2, 0.25) is 0 Å². The number of amides is 1. The highest BCUT2D eigenvalue weighted by Gasteiger charge is 2.20. The molecule has 1 aromatic heterocycles. The fourth-order valence-electron chi connectivity index (χ4n) is 2.44. The number of thiophene rings is 1. The Morgan fingerprint density at radius 3 is 2.62 bits per heavy atom. The van der Waals surface area contributed by atoms with Crippen LogP contribution in [0.15, 0.2) is 24.3 Å². The van der Waals surface area contributed by atoms with E-state index >= 15 is 0 Å². The van der Waals surface area contributed by atoms with Gasteiger partial charge in [0, 0.05) is 16.6 Å². The average Bonchev–Trinajstić information content (AvgIpc) is 2.84. The molecular formula is C16H20ClNO2S. The molecule has 0 aliphatic carbocycles. The number of carbonyl (C=O) groups is 1. The lowest BCUT2D eigenvalue weighted by Gasteiger charge is -2.20. The summed E-state index contributed by atoms with van der Waals surface area (Å²) in [5.41, 5.74) is 0. The third kappa shape index (κ3) is 3.57. The van der Waals surface area contributed by atoms with Gasteiger partial charge in [0.1, 0.15) is 4.88 Å². The number of fused-ring (bicyclic) bond motifs is 1. The predicted octanol–water partition coefficient (Wildman–Crippen LogP) is 4.08. The van der Waals surface area contributed by atoms with Gasteiger partial charge in [-0.3, -0.25) is 4.79 Å². The number of halogens is 1. The summed E-state index contributed by atoms with van der Waals surface area (Å²) < 4.78 is 0.994. The molecule has 0 aliphatic rings. The third-order valence-corrected chi connectivity index (χ3v) is 5.48. The minimum absolute atomic E-state index is 0.211. The maximum Gasteiger partial charge on any atom is 0.263 e. The van der Waals surface area contributed by atoms with Crippen LogP contribution in [0.4, 0.5) is 0 Å². The highest BCUT2D eigenvalue weighted by molar-refractivity contribution is 7.21. The Balaban J connectivity index is 2.07. The fraction of sp³-hybridized carbons (Fsp3) is 0.438. The van der Waals surface area contributed by atoms with Crippen molar-refractivity contribution in [3.8, 4) is 0 Å². The fourth-order valence-corrected chi connectivity index (χ4v) is 3.87. The molecule has 3 nitrogen and oxygen atoms in total. The molecule has 0 aliphatic heterocycles. The lowest BCUT2D eigenvalue weighted by Crippen LogP contribution is -2.35. The standard InChI is InChI=1S/C16H20ClNO2S/c1-3-10(4-2)12(19)9-18-16(20)15-14(17)11-7-5-6-8-13(11)21-15/h5-8,10,12,19H,3-4,9H2,1-2H3,(H,18,20). The Hall–Kier alpha value is -1.10. The minimum atomic E-state index is -0.517. The summed E-state index contributed by atoms with van der Waals surface area (Å²) in [5, 5.41) is 14.2. The topological polar surface area (TPSA) is 49.3 Å². The van der Waals surface area contributed by atoms with Crippen molar-refractivity contribution in [2.75, 3.05) is 6.54 Å². The van der Waals surface area contributed by atoms with E-state index in [0.29, 0.717) is 9.90 Å². The van der Waals surface area contributed by atoms with Crippen LogP contribution in [-0.2, 0) is 0 Å². The van der Waals surface area contributed by atoms with Gasteiger partial charge in [-0.1, -0.05) is 56.5 Å². The van der Waals surface area contributed by atoms with Gasteiger partial charge in [-0.25, -0.2) is 0 Å². The van der Waals surface area contributed by atoms with Crippen LogP contribution in [0.2, 0.25) is 5.02 Å². The Morgan fingerprint density at radius 2 is 2.00 bits per heavy atom. The Labute approximate surface area is 133 Å². The Bertz CT molecular complexity index is 622. The van der Waals surface area contributed by atoms with Gasteiger partial charge in [0.25, 0.3) is 5.91 Å². The number of hydrogen-bond acceptors (Lipinski definition) is 3. The maximum absolute atomic E-state index is 12.2. The van der Waals surface area contributed by atoms with Gasteiger partial charge in [0.05, 0.1) is 11.1 Å². The molecule has 1 heterocycles. The number of rotatable bonds is 6. The molecular weight excluding hydrogens is 306 g/mol. The third-order valence-electron chi connectivity index (χ3n) is 3.81. The molecule has 0 saturated carbocycles. The first kappa shape index (κ1) is 16.3. The van der Waals surface area contributed by atoms with Crippen LogP contribution in [0.25, 0.3) is 10.1 Å². The smallest absolute Gasteiger partial charge is 0.263 e. The second-order valence-corrected chi connectivity index (χ2v) is 6.53. The van der Waals surface area contributed by atoms with Crippen LogP contribution < -0.4 is 5.32 Å². The lowest BCUT2D eigenvalue weighted by atomic mass is 9.96. The molecule has 0 fully saturated rings. The summed E-state index contributed by atoms with van der Waals surface area (Å²) in [7, 11) is 0. The van der Waals surface area contributed by atoms with E-state index in [1.54, 1.807) is 0 Å². The van der Waals surface area contributed by atoms with E-state index < -0.39 is 6.10 Å². The van der Waals surface area contributed by atoms with E-state index in [1.165, 1.54) is 11.3 Å². The first-order valence-electron chi connectivity index (χ1n) is 7.21. The molecule has 1 atom stereocenters. The first-order chi connectivity index (χ1) is 10.1. The summed E-state index contributed by atoms with van der Waals surface area (Å²) in [6.07, 6.45) is 1.28. The maximum atomic E-state index is 12.2. The zero-order valence-corrected chi connectivity index (χ0v) is 13.8. The number of benzene rings is 1. The summed E-state index contributed by atoms with van der Waals surface area (Å²) in [4.78, 5) is 12.8. The van der Waals surface area contributed by atoms with Crippen molar-refractivity contribution in [3.63, 3.8) is 0 Å². The molecule has 1 unspecified atom stereocenters. The molecule has 114 valence electrons. The first-order valence-corrected chi connectivity index (χ1v) is 8.41. The van der Waals surface area contributed by atoms with Crippen molar-refractivity contribution in [1.29, 1.82) is 0 Å². The van der Waals surface area contributed by atoms with Gasteiger partial charge in [-0.05, 0) is 12.0 Å². The van der Waals surface area contributed by atoms with Crippen molar-refractivity contribution in [2.24, 2.45) is 5.92 Å². The summed E-state index contributed by atoms with van der Waals surface area (Å²) in [6, 6.07) is 7.68. The number of hydrogen-bond donors (Lipinski definition) is 2. The van der Waals surface area contributed by atoms with E-state index in [0.717, 1.165) is 22.9 Å². The average molecular weight is 326 g/mol. The summed E-state index contributed by atoms with van der Waals surface area (Å²) in [5.74, 6) is -0.00520. The van der Waals surface area contributed by atoms with Gasteiger partial charge >= 0.3 is 0 Å². The SMILES string of the molecule is CCC(CC)C(O)CNC(=O)c1sc2ccccc2c1Cl. The van der Waals surface area contributed by atoms with E-state index in [-0.39, 0.29) is 18.4 Å². The molecule has 2 aromatic rings. The normalized spacial score (nSPS) is 12.8. The van der Waals surface area contributed by atoms with Crippen molar-refractivity contribution in [3.05, 3.63) is 34.2 Å². The number of carbonyl (C=O) groups excluding carboxylic acids is 1. The van der Waals surface area contributed by atoms with Gasteiger partial charge < -0.3 is 10.4 Å². The molecule has 2 rings (SSSR count). The van der Waals surface area contributed by atoms with Crippen LogP contribution in [0.1, 0.15) is 36.4 Å². The van der Waals surface area contributed by atoms with Crippen LogP contribution in [0.5, 0.6) is 0 Å². The van der Waals surface area contributed by atoms with Crippen LogP contribution in [0.3, 0.4) is 0 Å². The largest absolute Gasteiger partial charge is 0.391 e. The van der Waals surface area contributed by atoms with Crippen molar-refractivity contribution < 1.29 is 9.90 Å². The van der Waals surface area contributed by atoms with E-state index in [1.807, 2.05) is 38.1 Å². The predicted molar refractivity (Wildman–Crippen MR) is 89.2 cm³/mol. The Kier molecular flexibility index (Phi) is 5.62. The zero-order chi connectivity index (χ0) is 15.4. The molecule has 2 N–H and O–H groups in total. The van der Waals surface area contributed by atoms with Gasteiger partial charge in [-0.15, -0.1) is 11.3 Å². The molecule has 0 radical (unpaired) electrons. The van der Waals surface area contributed by atoms with Crippen molar-refractivity contribution in [1.82, 2.24) is 5.32 Å². The second kappa shape index (κ2) is 7.25. The number of aliphatic hydroxyl groups is 1. The minimum Gasteiger partial charge on any atom is -0.391 e. The molecule has 1 amide bonds. The van der Waals surface area contributed by atoms with E-state index in [2.05, 4.69) is 5.32 Å². The number of aliphatic hydroxyl groups excluding tert-OH is 1. The van der Waals surface area contributed by atoms with Crippen LogP contribution in [-0.4, -0.2) is 23.7 Å². The highest BCUT2D eigenvalue weighted by Crippen LogP contribution is 2.34.